The van der Waals surface area contributed by atoms with Crippen molar-refractivity contribution in [2.45, 2.75) is 46.6 Å². The normalized spacial score (nSPS) is 25.7. The fraction of sp³-hybridized carbons (Fsp3) is 0.688. The van der Waals surface area contributed by atoms with E-state index in [0.717, 1.165) is 25.3 Å². The summed E-state index contributed by atoms with van der Waals surface area (Å²) in [7, 11) is 0. The Kier molecular flexibility index (Phi) is 5.15. The van der Waals surface area contributed by atoms with Crippen LogP contribution in [0.15, 0.2) is 12.4 Å². The Morgan fingerprint density at radius 1 is 1.33 bits per heavy atom. The van der Waals surface area contributed by atoms with Gasteiger partial charge in [-0.3, -0.25) is 4.79 Å². The Balaban J connectivity index is 2.08. The van der Waals surface area contributed by atoms with E-state index in [4.69, 9.17) is 0 Å². The number of rotatable bonds is 4. The number of hydrogen-bond acceptors (Lipinski definition) is 4. The Morgan fingerprint density at radius 2 is 2.10 bits per heavy atom. The first-order valence-electron chi connectivity index (χ1n) is 7.89. The van der Waals surface area contributed by atoms with Crippen LogP contribution in [-0.2, 0) is 0 Å². The molecule has 1 amide bonds. The molecule has 0 radical (unpaired) electrons. The van der Waals surface area contributed by atoms with Crippen molar-refractivity contribution in [1.82, 2.24) is 14.9 Å². The highest BCUT2D eigenvalue weighted by Gasteiger charge is 2.32. The van der Waals surface area contributed by atoms with Gasteiger partial charge in [-0.2, -0.15) is 0 Å². The van der Waals surface area contributed by atoms with Gasteiger partial charge < -0.3 is 10.2 Å². The van der Waals surface area contributed by atoms with Gasteiger partial charge in [0, 0.05) is 19.1 Å². The van der Waals surface area contributed by atoms with Crippen molar-refractivity contribution in [1.29, 1.82) is 0 Å². The first-order chi connectivity index (χ1) is 10.0. The van der Waals surface area contributed by atoms with Gasteiger partial charge in [-0.25, -0.2) is 9.97 Å². The molecule has 1 aromatic rings. The lowest BCUT2D eigenvalue weighted by molar-refractivity contribution is 0.0449. The zero-order chi connectivity index (χ0) is 15.4. The van der Waals surface area contributed by atoms with Crippen LogP contribution in [0.4, 0.5) is 5.82 Å². The minimum atomic E-state index is -0.00422. The maximum Gasteiger partial charge on any atom is 0.274 e. The van der Waals surface area contributed by atoms with Gasteiger partial charge in [-0.1, -0.05) is 20.8 Å². The molecule has 1 aliphatic rings. The van der Waals surface area contributed by atoms with Crippen LogP contribution in [0.3, 0.4) is 0 Å². The second-order valence-corrected chi connectivity index (χ2v) is 6.23. The zero-order valence-corrected chi connectivity index (χ0v) is 13.5. The third-order valence-corrected chi connectivity index (χ3v) is 4.29. The average Bonchev–Trinajstić information content (AvgIpc) is 2.48. The lowest BCUT2D eigenvalue weighted by Gasteiger charge is -2.40. The van der Waals surface area contributed by atoms with Crippen LogP contribution in [0.5, 0.6) is 0 Å². The van der Waals surface area contributed by atoms with E-state index in [0.29, 0.717) is 17.5 Å². The van der Waals surface area contributed by atoms with Gasteiger partial charge in [-0.05, 0) is 31.6 Å². The summed E-state index contributed by atoms with van der Waals surface area (Å²) in [4.78, 5) is 23.1. The molecule has 3 unspecified atom stereocenters. The molecule has 1 fully saturated rings. The molecule has 0 spiro atoms. The van der Waals surface area contributed by atoms with Crippen molar-refractivity contribution in [3.05, 3.63) is 18.1 Å². The molecular weight excluding hydrogens is 264 g/mol. The van der Waals surface area contributed by atoms with Crippen LogP contribution < -0.4 is 5.32 Å². The van der Waals surface area contributed by atoms with Crippen LogP contribution in [0.1, 0.15) is 51.0 Å². The number of anilines is 1. The van der Waals surface area contributed by atoms with Crippen molar-refractivity contribution in [3.8, 4) is 0 Å². The smallest absolute Gasteiger partial charge is 0.274 e. The molecule has 1 saturated heterocycles. The second kappa shape index (κ2) is 6.87. The second-order valence-electron chi connectivity index (χ2n) is 6.23. The van der Waals surface area contributed by atoms with E-state index in [1.165, 1.54) is 6.42 Å². The van der Waals surface area contributed by atoms with Gasteiger partial charge in [0.1, 0.15) is 11.5 Å². The van der Waals surface area contributed by atoms with Gasteiger partial charge in [0.05, 0.1) is 12.4 Å². The SMILES string of the molecule is CCCNc1cnc(C(=O)N2CC(C)CC(C)C2C)cn1. The molecule has 1 aromatic heterocycles. The number of aromatic nitrogens is 2. The molecule has 2 heterocycles. The topological polar surface area (TPSA) is 58.1 Å². The molecule has 1 N–H and O–H groups in total. The van der Waals surface area contributed by atoms with E-state index in [1.807, 2.05) is 4.90 Å². The number of nitrogens with one attached hydrogen (secondary N) is 1. The van der Waals surface area contributed by atoms with Crippen LogP contribution in [0.2, 0.25) is 0 Å². The largest absolute Gasteiger partial charge is 0.369 e. The summed E-state index contributed by atoms with van der Waals surface area (Å²) in [6.07, 6.45) is 5.43. The first kappa shape index (κ1) is 15.7. The highest BCUT2D eigenvalue weighted by atomic mass is 16.2. The number of hydrogen-bond donors (Lipinski definition) is 1. The van der Waals surface area contributed by atoms with E-state index in [1.54, 1.807) is 12.4 Å². The molecule has 0 bridgehead atoms. The van der Waals surface area contributed by atoms with Gasteiger partial charge >= 0.3 is 0 Å². The lowest BCUT2D eigenvalue weighted by Crippen LogP contribution is -2.49. The van der Waals surface area contributed by atoms with E-state index in [-0.39, 0.29) is 11.9 Å². The highest BCUT2D eigenvalue weighted by Crippen LogP contribution is 2.27. The highest BCUT2D eigenvalue weighted by molar-refractivity contribution is 5.92. The average molecular weight is 290 g/mol. The molecule has 2 rings (SSSR count). The summed E-state index contributed by atoms with van der Waals surface area (Å²) in [5.74, 6) is 1.78. The van der Waals surface area contributed by atoms with Crippen molar-refractivity contribution in [3.63, 3.8) is 0 Å². The fourth-order valence-corrected chi connectivity index (χ4v) is 2.91. The lowest BCUT2D eigenvalue weighted by atomic mass is 9.86. The maximum absolute atomic E-state index is 12.6. The predicted molar refractivity (Wildman–Crippen MR) is 84.3 cm³/mol. The molecular formula is C16H26N4O. The quantitative estimate of drug-likeness (QED) is 0.926. The van der Waals surface area contributed by atoms with Crippen molar-refractivity contribution >= 4 is 11.7 Å². The van der Waals surface area contributed by atoms with E-state index in [9.17, 15) is 4.79 Å². The number of amides is 1. The monoisotopic (exact) mass is 290 g/mol. The van der Waals surface area contributed by atoms with Crippen LogP contribution in [-0.4, -0.2) is 39.9 Å². The third kappa shape index (κ3) is 3.71. The fourth-order valence-electron chi connectivity index (χ4n) is 2.91. The molecule has 0 aliphatic carbocycles. The maximum atomic E-state index is 12.6. The van der Waals surface area contributed by atoms with Gasteiger partial charge in [0.2, 0.25) is 0 Å². The van der Waals surface area contributed by atoms with Crippen LogP contribution >= 0.6 is 0 Å². The Labute approximate surface area is 127 Å². The number of likely N-dealkylation sites (tertiary alicyclic amines) is 1. The van der Waals surface area contributed by atoms with Gasteiger partial charge in [-0.15, -0.1) is 0 Å². The van der Waals surface area contributed by atoms with E-state index in [2.05, 4.69) is 43.0 Å². The number of carbonyl (C=O) groups is 1. The van der Waals surface area contributed by atoms with Crippen molar-refractivity contribution in [2.75, 3.05) is 18.4 Å². The Morgan fingerprint density at radius 3 is 2.71 bits per heavy atom. The number of piperidine rings is 1. The molecule has 1 aliphatic heterocycles. The number of carbonyl (C=O) groups excluding carboxylic acids is 1. The summed E-state index contributed by atoms with van der Waals surface area (Å²) in [6.45, 7) is 10.3. The summed E-state index contributed by atoms with van der Waals surface area (Å²) < 4.78 is 0. The molecule has 5 heteroatoms. The molecule has 0 aromatic carbocycles. The Bertz CT molecular complexity index is 474. The minimum Gasteiger partial charge on any atom is -0.369 e. The van der Waals surface area contributed by atoms with E-state index < -0.39 is 0 Å². The summed E-state index contributed by atoms with van der Waals surface area (Å²) in [5.41, 5.74) is 0.435. The van der Waals surface area contributed by atoms with Crippen LogP contribution in [0.25, 0.3) is 0 Å². The zero-order valence-electron chi connectivity index (χ0n) is 13.5. The van der Waals surface area contributed by atoms with Crippen molar-refractivity contribution in [2.24, 2.45) is 11.8 Å². The summed E-state index contributed by atoms with van der Waals surface area (Å²) in [6, 6.07) is 0.258. The molecule has 3 atom stereocenters. The summed E-state index contributed by atoms with van der Waals surface area (Å²) in [5, 5.41) is 3.16. The third-order valence-electron chi connectivity index (χ3n) is 4.29. The molecule has 5 nitrogen and oxygen atoms in total. The van der Waals surface area contributed by atoms with Crippen LogP contribution in [0, 0.1) is 11.8 Å². The first-order valence-corrected chi connectivity index (χ1v) is 7.89. The van der Waals surface area contributed by atoms with Crippen molar-refractivity contribution < 1.29 is 4.79 Å². The van der Waals surface area contributed by atoms with Gasteiger partial charge in [0.25, 0.3) is 5.91 Å². The van der Waals surface area contributed by atoms with Gasteiger partial charge in [0.15, 0.2) is 0 Å². The predicted octanol–water partition coefficient (Wildman–Crippen LogP) is 2.81. The van der Waals surface area contributed by atoms with E-state index >= 15 is 0 Å². The summed E-state index contributed by atoms with van der Waals surface area (Å²) >= 11 is 0. The molecule has 116 valence electrons. The minimum absolute atomic E-state index is 0.00422. The number of nitrogens with zero attached hydrogens (tertiary/aromatic N) is 3. The molecule has 0 saturated carbocycles. The Hall–Kier alpha value is -1.65. The molecule has 21 heavy (non-hydrogen) atoms. The standard InChI is InChI=1S/C16H26N4O/c1-5-6-17-15-9-18-14(8-19-15)16(21)20-10-11(2)7-12(3)13(20)4/h8-9,11-13H,5-7,10H2,1-4H3,(H,17,19).